The molecule has 0 aliphatic rings. The first-order valence-electron chi connectivity index (χ1n) is 15.2. The number of rotatable bonds is 25. The van der Waals surface area contributed by atoms with Crippen LogP contribution in [0.1, 0.15) is 110 Å². The summed E-state index contributed by atoms with van der Waals surface area (Å²) in [7, 11) is 0. The molecule has 222 valence electrons. The number of carbonyl (C=O) groups is 2. The van der Waals surface area contributed by atoms with Gasteiger partial charge >= 0.3 is 11.9 Å². The molecule has 0 aliphatic heterocycles. The molecule has 0 aliphatic carbocycles. The fraction of sp³-hybridized carbons (Fsp3) is 0.500. The third-order valence-electron chi connectivity index (χ3n) is 5.80. The number of carbonyl (C=O) groups excluding carboxylic acids is 1. The number of carboxylic acids is 1. The van der Waals surface area contributed by atoms with Crippen LogP contribution in [0.2, 0.25) is 0 Å². The molecule has 4 heteroatoms. The molecule has 0 saturated heterocycles. The summed E-state index contributed by atoms with van der Waals surface area (Å²) in [6, 6.07) is 0. The van der Waals surface area contributed by atoms with Crippen molar-refractivity contribution in [3.05, 3.63) is 97.2 Å². The SMILES string of the molecule is CC/C=C\C/C=C\C/C=C\C/C=C\CCC(=O)OC(/C=C\C/C=C\C/C=C\C/C=C\CC)CCCCCC(=O)O. The lowest BCUT2D eigenvalue weighted by Crippen LogP contribution is -2.16. The van der Waals surface area contributed by atoms with E-state index < -0.39 is 5.97 Å². The van der Waals surface area contributed by atoms with E-state index in [0.717, 1.165) is 64.2 Å². The molecule has 1 N–H and O–H groups in total. The first-order valence-corrected chi connectivity index (χ1v) is 15.2. The normalized spacial score (nSPS) is 13.7. The molecule has 1 atom stereocenters. The van der Waals surface area contributed by atoms with Gasteiger partial charge in [0.15, 0.2) is 0 Å². The highest BCUT2D eigenvalue weighted by Gasteiger charge is 2.11. The summed E-state index contributed by atoms with van der Waals surface area (Å²) in [5, 5.41) is 8.82. The van der Waals surface area contributed by atoms with E-state index in [1.807, 2.05) is 18.2 Å². The average Bonchev–Trinajstić information content (AvgIpc) is 2.93. The second kappa shape index (κ2) is 30.4. The van der Waals surface area contributed by atoms with Gasteiger partial charge in [-0.1, -0.05) is 111 Å². The summed E-state index contributed by atoms with van der Waals surface area (Å²) in [6.45, 7) is 4.27. The highest BCUT2D eigenvalue weighted by Crippen LogP contribution is 2.12. The Kier molecular flexibility index (Phi) is 28.0. The molecule has 0 amide bonds. The molecule has 4 nitrogen and oxygen atoms in total. The molecule has 0 spiro atoms. The van der Waals surface area contributed by atoms with Crippen LogP contribution in [-0.2, 0) is 14.3 Å². The van der Waals surface area contributed by atoms with E-state index in [-0.39, 0.29) is 18.5 Å². The number of aliphatic carboxylic acids is 1. The van der Waals surface area contributed by atoms with Crippen LogP contribution in [0.4, 0.5) is 0 Å². The van der Waals surface area contributed by atoms with Crippen LogP contribution in [0, 0.1) is 0 Å². The van der Waals surface area contributed by atoms with Gasteiger partial charge in [-0.3, -0.25) is 9.59 Å². The van der Waals surface area contributed by atoms with Gasteiger partial charge in [-0.15, -0.1) is 0 Å². The van der Waals surface area contributed by atoms with Crippen LogP contribution < -0.4 is 0 Å². The lowest BCUT2D eigenvalue weighted by atomic mass is 10.1. The van der Waals surface area contributed by atoms with Gasteiger partial charge in [0.25, 0.3) is 0 Å². The van der Waals surface area contributed by atoms with Gasteiger partial charge in [-0.25, -0.2) is 0 Å². The van der Waals surface area contributed by atoms with Gasteiger partial charge in [0.2, 0.25) is 0 Å². The molecule has 0 saturated carbocycles. The predicted molar refractivity (Wildman–Crippen MR) is 171 cm³/mol. The summed E-state index contributed by atoms with van der Waals surface area (Å²) >= 11 is 0. The van der Waals surface area contributed by atoms with Gasteiger partial charge in [0, 0.05) is 12.8 Å². The van der Waals surface area contributed by atoms with Crippen molar-refractivity contribution in [2.24, 2.45) is 0 Å². The largest absolute Gasteiger partial charge is 0.481 e. The van der Waals surface area contributed by atoms with Crippen molar-refractivity contribution >= 4 is 11.9 Å². The van der Waals surface area contributed by atoms with Crippen LogP contribution in [0.5, 0.6) is 0 Å². The Bertz CT molecular complexity index is 852. The fourth-order valence-corrected chi connectivity index (χ4v) is 3.63. The predicted octanol–water partition coefficient (Wildman–Crippen LogP) is 10.3. The Hall–Kier alpha value is -3.14. The second-order valence-corrected chi connectivity index (χ2v) is 9.52. The van der Waals surface area contributed by atoms with Crippen molar-refractivity contribution in [1.29, 1.82) is 0 Å². The van der Waals surface area contributed by atoms with Crippen molar-refractivity contribution in [3.8, 4) is 0 Å². The molecule has 0 radical (unpaired) electrons. The van der Waals surface area contributed by atoms with Gasteiger partial charge in [-0.05, 0) is 83.1 Å². The topological polar surface area (TPSA) is 63.6 Å². The monoisotopic (exact) mass is 550 g/mol. The standard InChI is InChI=1S/C36H54O4/c1-3-5-7-9-11-13-15-16-18-20-22-24-29-33-36(39)40-34(31-27-25-28-32-35(37)38)30-26-23-21-19-17-14-12-10-8-6-4-2/h5-8,11-14,16,18-19,21-22,24,26,30,34H,3-4,9-10,15,17,20,23,25,27-29,31-33H2,1-2H3,(H,37,38)/b7-5-,8-6-,13-11-,14-12-,18-16-,21-19-,24-22-,30-26-. The highest BCUT2D eigenvalue weighted by molar-refractivity contribution is 5.69. The molecule has 0 bridgehead atoms. The minimum Gasteiger partial charge on any atom is -0.481 e. The highest BCUT2D eigenvalue weighted by atomic mass is 16.5. The number of carboxylic acid groups (broad SMARTS) is 1. The molecule has 0 heterocycles. The summed E-state index contributed by atoms with van der Waals surface area (Å²) in [4.78, 5) is 23.1. The minimum atomic E-state index is -0.766. The van der Waals surface area contributed by atoms with Crippen LogP contribution in [-0.4, -0.2) is 23.1 Å². The maximum absolute atomic E-state index is 12.4. The van der Waals surface area contributed by atoms with Crippen LogP contribution in [0.3, 0.4) is 0 Å². The summed E-state index contributed by atoms with van der Waals surface area (Å²) in [5.74, 6) is -0.960. The third kappa shape index (κ3) is 29.4. The van der Waals surface area contributed by atoms with Crippen molar-refractivity contribution in [3.63, 3.8) is 0 Å². The van der Waals surface area contributed by atoms with Crippen LogP contribution >= 0.6 is 0 Å². The fourth-order valence-electron chi connectivity index (χ4n) is 3.63. The third-order valence-corrected chi connectivity index (χ3v) is 5.80. The van der Waals surface area contributed by atoms with E-state index in [2.05, 4.69) is 92.8 Å². The van der Waals surface area contributed by atoms with E-state index in [0.29, 0.717) is 25.7 Å². The summed E-state index contributed by atoms with van der Waals surface area (Å²) < 4.78 is 5.73. The Morgan fingerprint density at radius 1 is 0.575 bits per heavy atom. The maximum atomic E-state index is 12.4. The lowest BCUT2D eigenvalue weighted by Gasteiger charge is -2.14. The van der Waals surface area contributed by atoms with E-state index >= 15 is 0 Å². The van der Waals surface area contributed by atoms with Crippen molar-refractivity contribution < 1.29 is 19.4 Å². The van der Waals surface area contributed by atoms with Gasteiger partial charge in [0.1, 0.15) is 6.10 Å². The first-order chi connectivity index (χ1) is 19.6. The zero-order valence-electron chi connectivity index (χ0n) is 25.1. The minimum absolute atomic E-state index is 0.184. The molecule has 0 aromatic rings. The quantitative estimate of drug-likeness (QED) is 0.0697. The van der Waals surface area contributed by atoms with Gasteiger partial charge in [-0.2, -0.15) is 0 Å². The zero-order valence-corrected chi connectivity index (χ0v) is 25.1. The Labute approximate surface area is 244 Å². The molecule has 0 rings (SSSR count). The molecular weight excluding hydrogens is 496 g/mol. The van der Waals surface area contributed by atoms with E-state index in [4.69, 9.17) is 9.84 Å². The van der Waals surface area contributed by atoms with E-state index in [9.17, 15) is 9.59 Å². The lowest BCUT2D eigenvalue weighted by molar-refractivity contribution is -0.147. The van der Waals surface area contributed by atoms with Gasteiger partial charge in [0.05, 0.1) is 0 Å². The van der Waals surface area contributed by atoms with E-state index in [1.54, 1.807) is 0 Å². The smallest absolute Gasteiger partial charge is 0.306 e. The Morgan fingerprint density at radius 2 is 1.02 bits per heavy atom. The average molecular weight is 551 g/mol. The maximum Gasteiger partial charge on any atom is 0.306 e. The zero-order chi connectivity index (χ0) is 29.4. The first kappa shape index (κ1) is 36.9. The Morgan fingerprint density at radius 3 is 1.50 bits per heavy atom. The molecule has 0 fully saturated rings. The molecule has 0 aromatic heterocycles. The summed E-state index contributed by atoms with van der Waals surface area (Å²) in [5.41, 5.74) is 0. The van der Waals surface area contributed by atoms with E-state index in [1.165, 1.54) is 0 Å². The van der Waals surface area contributed by atoms with Crippen molar-refractivity contribution in [2.75, 3.05) is 0 Å². The van der Waals surface area contributed by atoms with Crippen molar-refractivity contribution in [1.82, 2.24) is 0 Å². The number of hydrogen-bond donors (Lipinski definition) is 1. The molecule has 40 heavy (non-hydrogen) atoms. The number of hydrogen-bond acceptors (Lipinski definition) is 3. The number of unbranched alkanes of at least 4 members (excludes halogenated alkanes) is 2. The van der Waals surface area contributed by atoms with Crippen LogP contribution in [0.15, 0.2) is 97.2 Å². The van der Waals surface area contributed by atoms with Crippen LogP contribution in [0.25, 0.3) is 0 Å². The van der Waals surface area contributed by atoms with Gasteiger partial charge < -0.3 is 9.84 Å². The number of allylic oxidation sites excluding steroid dienone is 15. The second-order valence-electron chi connectivity index (χ2n) is 9.52. The number of ether oxygens (including phenoxy) is 1. The van der Waals surface area contributed by atoms with Crippen molar-refractivity contribution in [2.45, 2.75) is 116 Å². The number of esters is 1. The molecule has 1 unspecified atom stereocenters. The summed E-state index contributed by atoms with van der Waals surface area (Å²) in [6.07, 6.45) is 45.7. The Balaban J connectivity index is 4.40. The molecule has 0 aromatic carbocycles. The molecular formula is C36H54O4.